The van der Waals surface area contributed by atoms with Crippen LogP contribution in [0.5, 0.6) is 0 Å². The van der Waals surface area contributed by atoms with Gasteiger partial charge in [-0.05, 0) is 37.1 Å². The summed E-state index contributed by atoms with van der Waals surface area (Å²) in [6.45, 7) is 8.20. The number of carbonyl (C=O) groups is 2. The standard InChI is InChI=1S/C17H18N4O2S2/c1-4-7-18-16-19-20-17(25-16)24-13-9-14(22)21(15(13)23)12-6-5-10(2)11(3)8-12/h4-6,8,13H,1,7,9H2,2-3H3,(H,18,19). The van der Waals surface area contributed by atoms with Gasteiger partial charge in [0.15, 0.2) is 4.34 Å². The Morgan fingerprint density at radius 3 is 2.88 bits per heavy atom. The van der Waals surface area contributed by atoms with E-state index in [2.05, 4.69) is 22.1 Å². The van der Waals surface area contributed by atoms with Crippen molar-refractivity contribution in [1.82, 2.24) is 10.2 Å². The van der Waals surface area contributed by atoms with Crippen LogP contribution in [0.15, 0.2) is 35.2 Å². The summed E-state index contributed by atoms with van der Waals surface area (Å²) < 4.78 is 0.666. The van der Waals surface area contributed by atoms with E-state index in [1.807, 2.05) is 32.0 Å². The fraction of sp³-hybridized carbons (Fsp3) is 0.294. The summed E-state index contributed by atoms with van der Waals surface area (Å²) >= 11 is 2.65. The van der Waals surface area contributed by atoms with E-state index >= 15 is 0 Å². The van der Waals surface area contributed by atoms with Crippen LogP contribution < -0.4 is 10.2 Å². The Hall–Kier alpha value is -2.19. The number of anilines is 2. The number of aromatic nitrogens is 2. The van der Waals surface area contributed by atoms with Crippen molar-refractivity contribution in [3.8, 4) is 0 Å². The van der Waals surface area contributed by atoms with Gasteiger partial charge >= 0.3 is 0 Å². The number of nitrogens with zero attached hydrogens (tertiary/aromatic N) is 3. The van der Waals surface area contributed by atoms with Crippen molar-refractivity contribution >= 4 is 45.7 Å². The summed E-state index contributed by atoms with van der Waals surface area (Å²) in [7, 11) is 0. The molecule has 3 rings (SSSR count). The minimum atomic E-state index is -0.464. The first-order valence-corrected chi connectivity index (χ1v) is 9.48. The fourth-order valence-corrected chi connectivity index (χ4v) is 4.47. The van der Waals surface area contributed by atoms with Crippen molar-refractivity contribution in [2.24, 2.45) is 0 Å². The van der Waals surface area contributed by atoms with Gasteiger partial charge in [0.2, 0.25) is 16.9 Å². The lowest BCUT2D eigenvalue weighted by molar-refractivity contribution is -0.121. The molecule has 1 aromatic carbocycles. The number of hydrogen-bond donors (Lipinski definition) is 1. The largest absolute Gasteiger partial charge is 0.357 e. The molecule has 0 spiro atoms. The number of hydrogen-bond acceptors (Lipinski definition) is 7. The van der Waals surface area contributed by atoms with E-state index in [0.717, 1.165) is 11.1 Å². The van der Waals surface area contributed by atoms with Crippen LogP contribution in [0.2, 0.25) is 0 Å². The van der Waals surface area contributed by atoms with Gasteiger partial charge in [-0.25, -0.2) is 4.90 Å². The monoisotopic (exact) mass is 374 g/mol. The molecule has 2 amide bonds. The van der Waals surface area contributed by atoms with Crippen molar-refractivity contribution in [1.29, 1.82) is 0 Å². The zero-order chi connectivity index (χ0) is 18.0. The minimum absolute atomic E-state index is 0.172. The molecule has 130 valence electrons. The quantitative estimate of drug-likeness (QED) is 0.618. The second kappa shape index (κ2) is 7.37. The molecule has 1 unspecified atom stereocenters. The molecule has 1 atom stereocenters. The van der Waals surface area contributed by atoms with E-state index in [-0.39, 0.29) is 18.2 Å². The number of nitrogens with one attached hydrogen (secondary N) is 1. The molecule has 1 aromatic heterocycles. The predicted molar refractivity (Wildman–Crippen MR) is 101 cm³/mol. The number of rotatable bonds is 6. The molecular weight excluding hydrogens is 356 g/mol. The Bertz CT molecular complexity index is 834. The molecule has 0 aliphatic carbocycles. The highest BCUT2D eigenvalue weighted by Crippen LogP contribution is 2.36. The first-order chi connectivity index (χ1) is 12.0. The van der Waals surface area contributed by atoms with Crippen LogP contribution in [0.25, 0.3) is 0 Å². The molecule has 1 N–H and O–H groups in total. The van der Waals surface area contributed by atoms with Gasteiger partial charge < -0.3 is 5.32 Å². The Labute approximate surface area is 154 Å². The first-order valence-electron chi connectivity index (χ1n) is 7.78. The van der Waals surface area contributed by atoms with Gasteiger partial charge in [-0.2, -0.15) is 0 Å². The third kappa shape index (κ3) is 3.74. The van der Waals surface area contributed by atoms with E-state index in [1.165, 1.54) is 28.0 Å². The van der Waals surface area contributed by atoms with Gasteiger partial charge in [-0.1, -0.05) is 35.2 Å². The summed E-state index contributed by atoms with van der Waals surface area (Å²) in [6, 6.07) is 5.61. The summed E-state index contributed by atoms with van der Waals surface area (Å²) in [5.41, 5.74) is 2.81. The van der Waals surface area contributed by atoms with Crippen LogP contribution in [-0.2, 0) is 9.59 Å². The van der Waals surface area contributed by atoms with Crippen molar-refractivity contribution in [2.75, 3.05) is 16.8 Å². The van der Waals surface area contributed by atoms with Crippen molar-refractivity contribution < 1.29 is 9.59 Å². The predicted octanol–water partition coefficient (Wildman–Crippen LogP) is 3.18. The summed E-state index contributed by atoms with van der Waals surface area (Å²) in [4.78, 5) is 26.4. The number of imide groups is 1. The maximum Gasteiger partial charge on any atom is 0.247 e. The molecule has 2 aromatic rings. The maximum absolute atomic E-state index is 12.7. The minimum Gasteiger partial charge on any atom is -0.357 e. The van der Waals surface area contributed by atoms with E-state index in [1.54, 1.807) is 6.08 Å². The number of aryl methyl sites for hydroxylation is 2. The summed E-state index contributed by atoms with van der Waals surface area (Å²) in [6.07, 6.45) is 1.90. The molecule has 25 heavy (non-hydrogen) atoms. The number of amides is 2. The topological polar surface area (TPSA) is 75.2 Å². The smallest absolute Gasteiger partial charge is 0.247 e. The van der Waals surface area contributed by atoms with Gasteiger partial charge in [0.05, 0.1) is 5.69 Å². The molecule has 0 bridgehead atoms. The zero-order valence-electron chi connectivity index (χ0n) is 14.0. The Morgan fingerprint density at radius 1 is 1.36 bits per heavy atom. The lowest BCUT2D eigenvalue weighted by atomic mass is 10.1. The molecule has 1 saturated heterocycles. The highest BCUT2D eigenvalue weighted by atomic mass is 32.2. The molecule has 0 radical (unpaired) electrons. The van der Waals surface area contributed by atoms with E-state index in [9.17, 15) is 9.59 Å². The highest BCUT2D eigenvalue weighted by molar-refractivity contribution is 8.02. The van der Waals surface area contributed by atoms with Crippen molar-refractivity contribution in [3.05, 3.63) is 42.0 Å². The molecule has 1 fully saturated rings. The van der Waals surface area contributed by atoms with Gasteiger partial charge in [-0.3, -0.25) is 9.59 Å². The van der Waals surface area contributed by atoms with Crippen LogP contribution in [-0.4, -0.2) is 33.8 Å². The average Bonchev–Trinajstić information content (AvgIpc) is 3.13. The first kappa shape index (κ1) is 17.6. The van der Waals surface area contributed by atoms with Gasteiger partial charge in [-0.15, -0.1) is 16.8 Å². The normalized spacial score (nSPS) is 17.2. The van der Waals surface area contributed by atoms with Gasteiger partial charge in [0.1, 0.15) is 5.25 Å². The molecule has 8 heteroatoms. The highest BCUT2D eigenvalue weighted by Gasteiger charge is 2.40. The van der Waals surface area contributed by atoms with Crippen LogP contribution in [0.3, 0.4) is 0 Å². The second-order valence-electron chi connectivity index (χ2n) is 5.69. The zero-order valence-corrected chi connectivity index (χ0v) is 15.6. The van der Waals surface area contributed by atoms with Gasteiger partial charge in [0, 0.05) is 13.0 Å². The lowest BCUT2D eigenvalue weighted by Gasteiger charge is -2.16. The van der Waals surface area contributed by atoms with E-state index in [4.69, 9.17) is 0 Å². The molecule has 2 heterocycles. The molecule has 1 aliphatic rings. The van der Waals surface area contributed by atoms with Crippen molar-refractivity contribution in [2.45, 2.75) is 29.9 Å². The van der Waals surface area contributed by atoms with Crippen LogP contribution in [0, 0.1) is 13.8 Å². The maximum atomic E-state index is 12.7. The third-order valence-electron chi connectivity index (χ3n) is 3.90. The van der Waals surface area contributed by atoms with Crippen LogP contribution in [0.4, 0.5) is 10.8 Å². The molecular formula is C17H18N4O2S2. The number of thioether (sulfide) groups is 1. The Kier molecular flexibility index (Phi) is 5.19. The van der Waals surface area contributed by atoms with E-state index in [0.29, 0.717) is 21.7 Å². The Morgan fingerprint density at radius 2 is 2.16 bits per heavy atom. The third-order valence-corrected chi connectivity index (χ3v) is 6.05. The molecule has 6 nitrogen and oxygen atoms in total. The second-order valence-corrected chi connectivity index (χ2v) is 8.12. The molecule has 1 aliphatic heterocycles. The summed E-state index contributed by atoms with van der Waals surface area (Å²) in [5, 5.41) is 11.4. The average molecular weight is 374 g/mol. The number of carbonyl (C=O) groups excluding carboxylic acids is 2. The van der Waals surface area contributed by atoms with Crippen LogP contribution >= 0.6 is 23.1 Å². The fourth-order valence-electron chi connectivity index (χ4n) is 2.44. The van der Waals surface area contributed by atoms with E-state index < -0.39 is 5.25 Å². The summed E-state index contributed by atoms with van der Waals surface area (Å²) in [5.74, 6) is -0.380. The molecule has 0 saturated carbocycles. The number of benzene rings is 1. The SMILES string of the molecule is C=CCNc1nnc(SC2CC(=O)N(c3ccc(C)c(C)c3)C2=O)s1. The lowest BCUT2D eigenvalue weighted by Crippen LogP contribution is -2.31. The van der Waals surface area contributed by atoms with Crippen LogP contribution in [0.1, 0.15) is 17.5 Å². The Balaban J connectivity index is 1.73. The van der Waals surface area contributed by atoms with Gasteiger partial charge in [0.25, 0.3) is 0 Å². The van der Waals surface area contributed by atoms with Crippen molar-refractivity contribution in [3.63, 3.8) is 0 Å².